The fourth-order valence-corrected chi connectivity index (χ4v) is 2.23. The maximum atomic E-state index is 12.9. The van der Waals surface area contributed by atoms with E-state index in [2.05, 4.69) is 4.99 Å². The van der Waals surface area contributed by atoms with E-state index < -0.39 is 0 Å². The van der Waals surface area contributed by atoms with E-state index in [0.717, 1.165) is 5.56 Å². The molecule has 1 amide bonds. The Morgan fingerprint density at radius 3 is 2.45 bits per heavy atom. The van der Waals surface area contributed by atoms with Crippen molar-refractivity contribution >= 4 is 11.7 Å². The molecule has 0 aromatic heterocycles. The summed E-state index contributed by atoms with van der Waals surface area (Å²) in [4.78, 5) is 18.5. The molecule has 0 fully saturated rings. The van der Waals surface area contributed by atoms with Crippen LogP contribution in [-0.4, -0.2) is 29.7 Å². The number of hydrogen-bond acceptors (Lipinski definition) is 2. The van der Waals surface area contributed by atoms with E-state index in [1.807, 2.05) is 30.3 Å². The third kappa shape index (κ3) is 2.32. The van der Waals surface area contributed by atoms with Crippen molar-refractivity contribution in [3.8, 4) is 0 Å². The van der Waals surface area contributed by atoms with Crippen LogP contribution >= 0.6 is 0 Å². The van der Waals surface area contributed by atoms with E-state index in [9.17, 15) is 9.18 Å². The highest BCUT2D eigenvalue weighted by Crippen LogP contribution is 2.15. The van der Waals surface area contributed by atoms with Crippen LogP contribution in [0.2, 0.25) is 0 Å². The van der Waals surface area contributed by atoms with Gasteiger partial charge in [-0.15, -0.1) is 0 Å². The Labute approximate surface area is 116 Å². The Kier molecular flexibility index (Phi) is 3.29. The second-order valence-electron chi connectivity index (χ2n) is 4.54. The summed E-state index contributed by atoms with van der Waals surface area (Å²) >= 11 is 0. The molecule has 2 aromatic carbocycles. The number of amides is 1. The molecule has 0 radical (unpaired) electrons. The van der Waals surface area contributed by atoms with Crippen molar-refractivity contribution in [3.05, 3.63) is 71.5 Å². The van der Waals surface area contributed by atoms with E-state index in [-0.39, 0.29) is 11.7 Å². The van der Waals surface area contributed by atoms with Gasteiger partial charge in [-0.1, -0.05) is 30.3 Å². The second-order valence-corrected chi connectivity index (χ2v) is 4.54. The van der Waals surface area contributed by atoms with Crippen LogP contribution in [0.3, 0.4) is 0 Å². The largest absolute Gasteiger partial charge is 0.291 e. The molecule has 0 saturated carbocycles. The zero-order chi connectivity index (χ0) is 13.9. The number of hydrogen-bond donors (Lipinski definition) is 0. The van der Waals surface area contributed by atoms with Crippen molar-refractivity contribution in [2.24, 2.45) is 4.99 Å². The lowest BCUT2D eigenvalue weighted by Gasteiger charge is -2.18. The number of carbonyl (C=O) groups is 1. The topological polar surface area (TPSA) is 32.7 Å². The molecular weight excluding hydrogens is 255 g/mol. The highest BCUT2D eigenvalue weighted by atomic mass is 19.1. The van der Waals surface area contributed by atoms with Crippen molar-refractivity contribution in [1.29, 1.82) is 0 Å². The van der Waals surface area contributed by atoms with Crippen LogP contribution in [0.25, 0.3) is 0 Å². The number of benzene rings is 2. The minimum Gasteiger partial charge on any atom is -0.291 e. The molecule has 3 rings (SSSR count). The molecule has 0 atom stereocenters. The molecule has 0 aliphatic carbocycles. The first kappa shape index (κ1) is 12.5. The van der Waals surface area contributed by atoms with Gasteiger partial charge in [-0.2, -0.15) is 0 Å². The number of halogens is 1. The van der Waals surface area contributed by atoms with Crippen LogP contribution in [0.15, 0.2) is 59.6 Å². The van der Waals surface area contributed by atoms with Crippen LogP contribution in [0.5, 0.6) is 0 Å². The predicted molar refractivity (Wildman–Crippen MR) is 75.3 cm³/mol. The Bertz CT molecular complexity index is 650. The summed E-state index contributed by atoms with van der Waals surface area (Å²) in [6.07, 6.45) is 0. The third-order valence-corrected chi connectivity index (χ3v) is 3.21. The van der Waals surface area contributed by atoms with E-state index in [4.69, 9.17) is 0 Å². The van der Waals surface area contributed by atoms with E-state index in [1.54, 1.807) is 4.90 Å². The predicted octanol–water partition coefficient (Wildman–Crippen LogP) is 2.73. The third-order valence-electron chi connectivity index (χ3n) is 3.21. The summed E-state index contributed by atoms with van der Waals surface area (Å²) in [6, 6.07) is 15.2. The smallest absolute Gasteiger partial charge is 0.259 e. The fourth-order valence-electron chi connectivity index (χ4n) is 2.23. The van der Waals surface area contributed by atoms with Gasteiger partial charge in [0, 0.05) is 17.7 Å². The minimum atomic E-state index is -0.347. The van der Waals surface area contributed by atoms with Gasteiger partial charge in [-0.05, 0) is 24.3 Å². The van der Waals surface area contributed by atoms with Gasteiger partial charge in [0.25, 0.3) is 5.91 Å². The zero-order valence-electron chi connectivity index (χ0n) is 10.8. The lowest BCUT2D eigenvalue weighted by atomic mass is 10.1. The number of amidine groups is 1. The van der Waals surface area contributed by atoms with Gasteiger partial charge >= 0.3 is 0 Å². The van der Waals surface area contributed by atoms with Crippen molar-refractivity contribution in [2.45, 2.75) is 0 Å². The molecule has 0 spiro atoms. The first-order valence-corrected chi connectivity index (χ1v) is 6.43. The molecule has 1 heterocycles. The maximum Gasteiger partial charge on any atom is 0.259 e. The lowest BCUT2D eigenvalue weighted by molar-refractivity contribution is 0.0858. The fraction of sp³-hybridized carbons (Fsp3) is 0.125. The molecular formula is C16H13FN2O. The molecule has 0 bridgehead atoms. The van der Waals surface area contributed by atoms with Crippen molar-refractivity contribution in [3.63, 3.8) is 0 Å². The van der Waals surface area contributed by atoms with Gasteiger partial charge in [0.05, 0.1) is 6.54 Å². The SMILES string of the molecule is O=C(c1ccc(F)cc1)N1CCN=C1c1ccccc1. The van der Waals surface area contributed by atoms with Crippen LogP contribution in [0.4, 0.5) is 4.39 Å². The van der Waals surface area contributed by atoms with Gasteiger partial charge in [0.2, 0.25) is 0 Å². The molecule has 2 aromatic rings. The number of carbonyl (C=O) groups excluding carboxylic acids is 1. The molecule has 1 aliphatic heterocycles. The number of nitrogens with zero attached hydrogens (tertiary/aromatic N) is 2. The van der Waals surface area contributed by atoms with Gasteiger partial charge in [-0.3, -0.25) is 14.7 Å². The molecule has 0 unspecified atom stereocenters. The molecule has 100 valence electrons. The average Bonchev–Trinajstić information content (AvgIpc) is 2.97. The molecule has 3 nitrogen and oxygen atoms in total. The van der Waals surface area contributed by atoms with Gasteiger partial charge in [0.1, 0.15) is 11.7 Å². The van der Waals surface area contributed by atoms with Crippen molar-refractivity contribution in [2.75, 3.05) is 13.1 Å². The minimum absolute atomic E-state index is 0.148. The Hall–Kier alpha value is -2.49. The Morgan fingerprint density at radius 1 is 1.05 bits per heavy atom. The van der Waals surface area contributed by atoms with Crippen LogP contribution in [-0.2, 0) is 0 Å². The lowest BCUT2D eigenvalue weighted by Crippen LogP contribution is -2.34. The van der Waals surface area contributed by atoms with Crippen LogP contribution < -0.4 is 0 Å². The number of aliphatic imine (C=N–C) groups is 1. The Balaban J connectivity index is 1.89. The van der Waals surface area contributed by atoms with Crippen LogP contribution in [0, 0.1) is 5.82 Å². The summed E-state index contributed by atoms with van der Waals surface area (Å²) in [5, 5.41) is 0. The number of rotatable bonds is 2. The summed E-state index contributed by atoms with van der Waals surface area (Å²) in [5.41, 5.74) is 1.39. The Morgan fingerprint density at radius 2 is 1.75 bits per heavy atom. The van der Waals surface area contributed by atoms with Gasteiger partial charge < -0.3 is 0 Å². The van der Waals surface area contributed by atoms with Crippen LogP contribution in [0.1, 0.15) is 15.9 Å². The van der Waals surface area contributed by atoms with E-state index in [1.165, 1.54) is 24.3 Å². The van der Waals surface area contributed by atoms with Crippen molar-refractivity contribution < 1.29 is 9.18 Å². The van der Waals surface area contributed by atoms with Gasteiger partial charge in [0.15, 0.2) is 0 Å². The first-order valence-electron chi connectivity index (χ1n) is 6.43. The van der Waals surface area contributed by atoms with E-state index >= 15 is 0 Å². The molecule has 1 aliphatic rings. The summed E-state index contributed by atoms with van der Waals surface area (Å²) < 4.78 is 12.9. The van der Waals surface area contributed by atoms with E-state index in [0.29, 0.717) is 24.5 Å². The molecule has 0 saturated heterocycles. The zero-order valence-corrected chi connectivity index (χ0v) is 10.8. The van der Waals surface area contributed by atoms with Crippen molar-refractivity contribution in [1.82, 2.24) is 4.90 Å². The summed E-state index contributed by atoms with van der Waals surface area (Å²) in [6.45, 7) is 1.15. The molecule has 20 heavy (non-hydrogen) atoms. The van der Waals surface area contributed by atoms with Gasteiger partial charge in [-0.25, -0.2) is 4.39 Å². The molecule has 0 N–H and O–H groups in total. The summed E-state index contributed by atoms with van der Waals surface area (Å²) in [5.74, 6) is 0.185. The normalized spacial score (nSPS) is 14.2. The second kappa shape index (κ2) is 5.25. The average molecular weight is 268 g/mol. The first-order chi connectivity index (χ1) is 9.75. The quantitative estimate of drug-likeness (QED) is 0.824. The highest BCUT2D eigenvalue weighted by Gasteiger charge is 2.25. The standard InChI is InChI=1S/C16H13FN2O/c17-14-8-6-13(7-9-14)16(20)19-11-10-18-15(19)12-4-2-1-3-5-12/h1-9H,10-11H2. The monoisotopic (exact) mass is 268 g/mol. The summed E-state index contributed by atoms with van der Waals surface area (Å²) in [7, 11) is 0. The maximum absolute atomic E-state index is 12.9. The highest BCUT2D eigenvalue weighted by molar-refractivity contribution is 6.13. The molecule has 4 heteroatoms.